The molecule has 0 aliphatic heterocycles. The number of aromatic amines is 2. The van der Waals surface area contributed by atoms with Gasteiger partial charge in [-0.15, -0.1) is 0 Å². The van der Waals surface area contributed by atoms with E-state index in [0.29, 0.717) is 11.0 Å². The molecule has 0 aliphatic carbocycles. The Labute approximate surface area is 118 Å². The van der Waals surface area contributed by atoms with Crippen molar-refractivity contribution in [2.45, 2.75) is 0 Å². The van der Waals surface area contributed by atoms with Crippen LogP contribution in [0, 0.1) is 0 Å². The largest absolute Gasteiger partial charge is 0.420 e. The minimum Gasteiger partial charge on any atom is -0.420 e. The Balaban J connectivity index is 2.18. The fraction of sp³-hybridized carbons (Fsp3) is 0. The van der Waals surface area contributed by atoms with E-state index in [-0.39, 0.29) is 5.63 Å². The average molecular weight is 274 g/mol. The van der Waals surface area contributed by atoms with Gasteiger partial charge in [0.2, 0.25) is 0 Å². The van der Waals surface area contributed by atoms with Gasteiger partial charge in [0, 0.05) is 22.5 Å². The summed E-state index contributed by atoms with van der Waals surface area (Å²) in [6, 6.07) is 13.5. The molecule has 2 N–H and O–H groups in total. The topological polar surface area (TPSA) is 61.8 Å². The highest BCUT2D eigenvalue weighted by Gasteiger charge is 2.14. The summed E-state index contributed by atoms with van der Waals surface area (Å²) in [7, 11) is 0. The molecule has 0 atom stereocenters. The summed E-state index contributed by atoms with van der Waals surface area (Å²) in [5.41, 5.74) is 3.19. The van der Waals surface area contributed by atoms with Gasteiger partial charge in [0.15, 0.2) is 5.58 Å². The molecule has 0 saturated carbocycles. The van der Waals surface area contributed by atoms with E-state index in [9.17, 15) is 4.79 Å². The SMILES string of the molecule is O=c1oc2c([nH]c3ccc4[nH]ccc4c32)c2ccccc12. The van der Waals surface area contributed by atoms with Crippen LogP contribution in [0.4, 0.5) is 0 Å². The molecule has 5 aromatic rings. The van der Waals surface area contributed by atoms with Crippen molar-refractivity contribution >= 4 is 43.7 Å². The van der Waals surface area contributed by atoms with Crippen LogP contribution in [0.25, 0.3) is 43.7 Å². The Morgan fingerprint density at radius 3 is 2.57 bits per heavy atom. The highest BCUT2D eigenvalue weighted by molar-refractivity contribution is 6.21. The number of hydrogen-bond donors (Lipinski definition) is 2. The highest BCUT2D eigenvalue weighted by Crippen LogP contribution is 2.33. The van der Waals surface area contributed by atoms with Crippen LogP contribution in [-0.2, 0) is 0 Å². The van der Waals surface area contributed by atoms with Gasteiger partial charge >= 0.3 is 5.63 Å². The van der Waals surface area contributed by atoms with Gasteiger partial charge in [0.25, 0.3) is 0 Å². The molecule has 21 heavy (non-hydrogen) atoms. The monoisotopic (exact) mass is 274 g/mol. The Hall–Kier alpha value is -3.01. The third-order valence-electron chi connectivity index (χ3n) is 4.06. The van der Waals surface area contributed by atoms with Crippen molar-refractivity contribution in [2.75, 3.05) is 0 Å². The summed E-state index contributed by atoms with van der Waals surface area (Å²) in [5, 5.41) is 3.49. The van der Waals surface area contributed by atoms with Crippen LogP contribution < -0.4 is 5.63 Å². The maximum Gasteiger partial charge on any atom is 0.344 e. The van der Waals surface area contributed by atoms with Crippen LogP contribution in [0.2, 0.25) is 0 Å². The first-order valence-corrected chi connectivity index (χ1v) is 6.76. The minimum absolute atomic E-state index is 0.300. The van der Waals surface area contributed by atoms with Crippen LogP contribution in [0.3, 0.4) is 0 Å². The number of benzene rings is 2. The van der Waals surface area contributed by atoms with Gasteiger partial charge in [-0.1, -0.05) is 18.2 Å². The lowest BCUT2D eigenvalue weighted by molar-refractivity contribution is 0.573. The van der Waals surface area contributed by atoms with E-state index in [0.717, 1.165) is 32.7 Å². The molecule has 0 aliphatic rings. The van der Waals surface area contributed by atoms with Gasteiger partial charge in [0.05, 0.1) is 21.8 Å². The number of aromatic nitrogens is 2. The van der Waals surface area contributed by atoms with Gasteiger partial charge in [-0.25, -0.2) is 4.79 Å². The van der Waals surface area contributed by atoms with Crippen LogP contribution in [0.1, 0.15) is 0 Å². The number of rotatable bonds is 0. The Bertz CT molecular complexity index is 1210. The zero-order valence-electron chi connectivity index (χ0n) is 10.9. The molecule has 0 bridgehead atoms. The predicted molar refractivity (Wildman–Crippen MR) is 83.7 cm³/mol. The Morgan fingerprint density at radius 1 is 0.857 bits per heavy atom. The van der Waals surface area contributed by atoms with E-state index in [2.05, 4.69) is 9.97 Å². The molecule has 0 fully saturated rings. The van der Waals surface area contributed by atoms with Crippen LogP contribution >= 0.6 is 0 Å². The zero-order chi connectivity index (χ0) is 14.0. The molecule has 0 spiro atoms. The minimum atomic E-state index is -0.300. The van der Waals surface area contributed by atoms with Crippen molar-refractivity contribution in [3.8, 4) is 0 Å². The standard InChI is InChI=1S/C17H10N2O2/c20-17-10-4-2-1-3-9(10)15-16(21-17)14-11-7-8-18-12(11)5-6-13(14)19-15/h1-8,18-19H. The molecule has 100 valence electrons. The van der Waals surface area contributed by atoms with Crippen molar-refractivity contribution in [1.29, 1.82) is 0 Å². The number of hydrogen-bond acceptors (Lipinski definition) is 2. The average Bonchev–Trinajstić information content (AvgIpc) is 3.11. The van der Waals surface area contributed by atoms with Crippen molar-refractivity contribution in [3.63, 3.8) is 0 Å². The molecule has 0 saturated heterocycles. The summed E-state index contributed by atoms with van der Waals surface area (Å²) in [4.78, 5) is 18.8. The van der Waals surface area contributed by atoms with Gasteiger partial charge < -0.3 is 14.4 Å². The lowest BCUT2D eigenvalue weighted by Gasteiger charge is -1.97. The zero-order valence-corrected chi connectivity index (χ0v) is 10.9. The molecule has 3 aromatic heterocycles. The van der Waals surface area contributed by atoms with E-state index in [1.165, 1.54) is 0 Å². The van der Waals surface area contributed by atoms with Gasteiger partial charge in [-0.3, -0.25) is 0 Å². The van der Waals surface area contributed by atoms with Crippen LogP contribution in [0.5, 0.6) is 0 Å². The van der Waals surface area contributed by atoms with E-state index in [4.69, 9.17) is 4.42 Å². The molecule has 2 aromatic carbocycles. The van der Waals surface area contributed by atoms with Crippen molar-refractivity contribution < 1.29 is 4.42 Å². The first kappa shape index (κ1) is 10.7. The van der Waals surface area contributed by atoms with Crippen LogP contribution in [0.15, 0.2) is 57.9 Å². The first-order valence-electron chi connectivity index (χ1n) is 6.76. The summed E-state index contributed by atoms with van der Waals surface area (Å²) in [5.74, 6) is 0. The Kier molecular flexibility index (Phi) is 1.81. The summed E-state index contributed by atoms with van der Waals surface area (Å²) >= 11 is 0. The van der Waals surface area contributed by atoms with Crippen molar-refractivity contribution in [3.05, 3.63) is 59.1 Å². The quantitative estimate of drug-likeness (QED) is 0.449. The third-order valence-corrected chi connectivity index (χ3v) is 4.06. The highest BCUT2D eigenvalue weighted by atomic mass is 16.4. The fourth-order valence-corrected chi connectivity index (χ4v) is 3.12. The lowest BCUT2D eigenvalue weighted by atomic mass is 10.1. The fourth-order valence-electron chi connectivity index (χ4n) is 3.12. The number of fused-ring (bicyclic) bond motifs is 7. The number of nitrogens with one attached hydrogen (secondary N) is 2. The molecule has 0 amide bonds. The van der Waals surface area contributed by atoms with Gasteiger partial charge in [0.1, 0.15) is 0 Å². The summed E-state index contributed by atoms with van der Waals surface area (Å²) in [6.07, 6.45) is 1.89. The number of H-pyrrole nitrogens is 2. The van der Waals surface area contributed by atoms with Gasteiger partial charge in [-0.05, 0) is 24.3 Å². The lowest BCUT2D eigenvalue weighted by Crippen LogP contribution is -1.98. The predicted octanol–water partition coefficient (Wildman–Crippen LogP) is 3.91. The molecule has 0 radical (unpaired) electrons. The van der Waals surface area contributed by atoms with Gasteiger partial charge in [-0.2, -0.15) is 0 Å². The third kappa shape index (κ3) is 1.26. The normalized spacial score (nSPS) is 12.0. The molecule has 4 nitrogen and oxygen atoms in total. The second-order valence-corrected chi connectivity index (χ2v) is 5.19. The first-order chi connectivity index (χ1) is 10.3. The molecule has 0 unspecified atom stereocenters. The maximum atomic E-state index is 12.2. The maximum absolute atomic E-state index is 12.2. The summed E-state index contributed by atoms with van der Waals surface area (Å²) < 4.78 is 5.60. The molecule has 3 heterocycles. The van der Waals surface area contributed by atoms with E-state index in [1.54, 1.807) is 6.07 Å². The molecule has 4 heteroatoms. The van der Waals surface area contributed by atoms with E-state index < -0.39 is 0 Å². The van der Waals surface area contributed by atoms with Crippen LogP contribution in [-0.4, -0.2) is 9.97 Å². The van der Waals surface area contributed by atoms with Crippen molar-refractivity contribution in [1.82, 2.24) is 9.97 Å². The van der Waals surface area contributed by atoms with E-state index in [1.807, 2.05) is 42.6 Å². The summed E-state index contributed by atoms with van der Waals surface area (Å²) in [6.45, 7) is 0. The molecular weight excluding hydrogens is 264 g/mol. The second kappa shape index (κ2) is 3.55. The second-order valence-electron chi connectivity index (χ2n) is 5.19. The van der Waals surface area contributed by atoms with Crippen molar-refractivity contribution in [2.24, 2.45) is 0 Å². The molecule has 5 rings (SSSR count). The molecular formula is C17H10N2O2. The Morgan fingerprint density at radius 2 is 1.67 bits per heavy atom. The van der Waals surface area contributed by atoms with E-state index >= 15 is 0 Å². The smallest absolute Gasteiger partial charge is 0.344 e.